The van der Waals surface area contributed by atoms with Gasteiger partial charge in [0.2, 0.25) is 0 Å². The van der Waals surface area contributed by atoms with E-state index in [1.807, 2.05) is 0 Å². The highest BCUT2D eigenvalue weighted by Crippen LogP contribution is 2.19. The van der Waals surface area contributed by atoms with E-state index in [0.29, 0.717) is 21.2 Å². The van der Waals surface area contributed by atoms with E-state index >= 15 is 0 Å². The number of nitrogens with zero attached hydrogens (tertiary/aromatic N) is 1. The van der Waals surface area contributed by atoms with Crippen molar-refractivity contribution in [1.29, 1.82) is 0 Å². The summed E-state index contributed by atoms with van der Waals surface area (Å²) in [5, 5.41) is 14.0. The minimum atomic E-state index is -0.428. The third-order valence-electron chi connectivity index (χ3n) is 2.44. The number of phenolic OH excluding ortho intramolecular Hbond substituents is 1. The van der Waals surface area contributed by atoms with E-state index in [1.54, 1.807) is 30.3 Å². The van der Waals surface area contributed by atoms with E-state index in [2.05, 4.69) is 10.5 Å². The molecular weight excluding hydrogens is 299 g/mol. The van der Waals surface area contributed by atoms with Gasteiger partial charge >= 0.3 is 0 Å². The summed E-state index contributed by atoms with van der Waals surface area (Å²) in [5.41, 5.74) is 3.29. The Bertz CT molecular complexity index is 672. The minimum Gasteiger partial charge on any atom is -0.508 e. The average molecular weight is 309 g/mol. The van der Waals surface area contributed by atoms with Gasteiger partial charge in [-0.25, -0.2) is 5.43 Å². The monoisotopic (exact) mass is 308 g/mol. The third kappa shape index (κ3) is 3.73. The number of benzene rings is 2. The van der Waals surface area contributed by atoms with Gasteiger partial charge in [-0.3, -0.25) is 4.79 Å². The van der Waals surface area contributed by atoms with Gasteiger partial charge in [-0.15, -0.1) is 0 Å². The van der Waals surface area contributed by atoms with Crippen molar-refractivity contribution in [3.8, 4) is 5.75 Å². The van der Waals surface area contributed by atoms with Crippen LogP contribution < -0.4 is 5.43 Å². The van der Waals surface area contributed by atoms with Gasteiger partial charge in [-0.05, 0) is 30.3 Å². The molecule has 0 unspecified atom stereocenters. The van der Waals surface area contributed by atoms with Crippen LogP contribution in [-0.2, 0) is 0 Å². The Hall–Kier alpha value is -2.04. The van der Waals surface area contributed by atoms with Gasteiger partial charge < -0.3 is 5.11 Å². The number of carbonyl (C=O) groups excluding carboxylic acids is 1. The second-order valence-electron chi connectivity index (χ2n) is 3.92. The second kappa shape index (κ2) is 6.41. The highest BCUT2D eigenvalue weighted by atomic mass is 35.5. The van der Waals surface area contributed by atoms with Crippen molar-refractivity contribution in [3.63, 3.8) is 0 Å². The molecule has 0 aromatic heterocycles. The lowest BCUT2D eigenvalue weighted by Crippen LogP contribution is -2.17. The lowest BCUT2D eigenvalue weighted by molar-refractivity contribution is 0.0954. The average Bonchev–Trinajstić information content (AvgIpc) is 2.41. The number of nitrogens with one attached hydrogen (secondary N) is 1. The van der Waals surface area contributed by atoms with Crippen LogP contribution in [0.2, 0.25) is 10.0 Å². The molecule has 2 rings (SSSR count). The molecule has 0 spiro atoms. The summed E-state index contributed by atoms with van der Waals surface area (Å²) in [6, 6.07) is 10.9. The highest BCUT2D eigenvalue weighted by Gasteiger charge is 2.04. The molecule has 20 heavy (non-hydrogen) atoms. The molecule has 2 N–H and O–H groups in total. The van der Waals surface area contributed by atoms with Gasteiger partial charge in [0.15, 0.2) is 0 Å². The predicted octanol–water partition coefficient (Wildman–Crippen LogP) is 3.46. The molecule has 0 aliphatic rings. The molecule has 0 aliphatic heterocycles. The lowest BCUT2D eigenvalue weighted by Gasteiger charge is -2.01. The first kappa shape index (κ1) is 14.4. The molecule has 0 saturated carbocycles. The number of hydrogen-bond donors (Lipinski definition) is 2. The number of rotatable bonds is 3. The first-order valence-electron chi connectivity index (χ1n) is 5.64. The minimum absolute atomic E-state index is 0.0161. The van der Waals surface area contributed by atoms with Gasteiger partial charge in [0.05, 0.1) is 11.2 Å². The molecular formula is C14H10Cl2N2O2. The molecule has 2 aromatic rings. The molecule has 0 radical (unpaired) electrons. The zero-order chi connectivity index (χ0) is 14.5. The van der Waals surface area contributed by atoms with Crippen molar-refractivity contribution in [2.24, 2.45) is 5.10 Å². The second-order valence-corrected chi connectivity index (χ2v) is 4.76. The molecule has 0 saturated heterocycles. The molecule has 1 amide bonds. The molecule has 0 heterocycles. The van der Waals surface area contributed by atoms with Crippen LogP contribution in [-0.4, -0.2) is 17.2 Å². The van der Waals surface area contributed by atoms with E-state index in [0.717, 1.165) is 0 Å². The summed E-state index contributed by atoms with van der Waals surface area (Å²) >= 11 is 11.7. The Morgan fingerprint density at radius 1 is 1.20 bits per heavy atom. The number of amides is 1. The topological polar surface area (TPSA) is 61.7 Å². The molecule has 4 nitrogen and oxygen atoms in total. The smallest absolute Gasteiger partial charge is 0.271 e. The standard InChI is InChI=1S/C14H10Cl2N2O2/c15-11-5-4-10(13(16)7-11)8-17-18-14(20)9-2-1-3-12(19)6-9/h1-8,19H,(H,18,20)/b17-8-. The molecule has 6 heteroatoms. The summed E-state index contributed by atoms with van der Waals surface area (Å²) < 4.78 is 0. The molecule has 0 aliphatic carbocycles. The molecule has 0 atom stereocenters. The fourth-order valence-corrected chi connectivity index (χ4v) is 1.94. The van der Waals surface area contributed by atoms with Gasteiger partial charge in [0, 0.05) is 16.1 Å². The van der Waals surface area contributed by atoms with Crippen LogP contribution in [0.3, 0.4) is 0 Å². The summed E-state index contributed by atoms with van der Waals surface area (Å²) in [5.74, 6) is -0.412. The van der Waals surface area contributed by atoms with Crippen molar-refractivity contribution in [1.82, 2.24) is 5.43 Å². The van der Waals surface area contributed by atoms with Gasteiger partial charge in [-0.1, -0.05) is 35.3 Å². The molecule has 0 bridgehead atoms. The van der Waals surface area contributed by atoms with Crippen molar-refractivity contribution in [2.75, 3.05) is 0 Å². The maximum atomic E-state index is 11.7. The normalized spacial score (nSPS) is 10.7. The maximum absolute atomic E-state index is 11.7. The van der Waals surface area contributed by atoms with Crippen LogP contribution in [0.4, 0.5) is 0 Å². The van der Waals surface area contributed by atoms with Crippen LogP contribution in [0.1, 0.15) is 15.9 Å². The van der Waals surface area contributed by atoms with Crippen molar-refractivity contribution >= 4 is 35.3 Å². The first-order chi connectivity index (χ1) is 9.56. The Morgan fingerprint density at radius 3 is 2.70 bits per heavy atom. The van der Waals surface area contributed by atoms with Crippen LogP contribution in [0.15, 0.2) is 47.6 Å². The number of hydrogen-bond acceptors (Lipinski definition) is 3. The summed E-state index contributed by atoms with van der Waals surface area (Å²) in [7, 11) is 0. The quantitative estimate of drug-likeness (QED) is 0.674. The SMILES string of the molecule is O=C(N/N=C\c1ccc(Cl)cc1Cl)c1cccc(O)c1. The van der Waals surface area contributed by atoms with E-state index in [4.69, 9.17) is 23.2 Å². The Kier molecular flexibility index (Phi) is 4.61. The van der Waals surface area contributed by atoms with E-state index < -0.39 is 5.91 Å². The number of aromatic hydroxyl groups is 1. The Morgan fingerprint density at radius 2 is 2.00 bits per heavy atom. The first-order valence-corrected chi connectivity index (χ1v) is 6.39. The van der Waals surface area contributed by atoms with Gasteiger partial charge in [-0.2, -0.15) is 5.10 Å². The number of halogens is 2. The lowest BCUT2D eigenvalue weighted by atomic mass is 10.2. The summed E-state index contributed by atoms with van der Waals surface area (Å²) in [4.78, 5) is 11.7. The van der Waals surface area contributed by atoms with E-state index in [9.17, 15) is 9.90 Å². The van der Waals surface area contributed by atoms with Crippen molar-refractivity contribution < 1.29 is 9.90 Å². The van der Waals surface area contributed by atoms with Crippen LogP contribution >= 0.6 is 23.2 Å². The van der Waals surface area contributed by atoms with Crippen LogP contribution in [0, 0.1) is 0 Å². The number of hydrazone groups is 1. The van der Waals surface area contributed by atoms with E-state index in [1.165, 1.54) is 18.3 Å². The van der Waals surface area contributed by atoms with Gasteiger partial charge in [0.25, 0.3) is 5.91 Å². The summed E-state index contributed by atoms with van der Waals surface area (Å²) in [6.45, 7) is 0. The number of carbonyl (C=O) groups is 1. The molecule has 2 aromatic carbocycles. The maximum Gasteiger partial charge on any atom is 0.271 e. The molecule has 0 fully saturated rings. The Labute approximate surface area is 125 Å². The fraction of sp³-hybridized carbons (Fsp3) is 0. The fourth-order valence-electron chi connectivity index (χ4n) is 1.48. The van der Waals surface area contributed by atoms with Crippen molar-refractivity contribution in [3.05, 3.63) is 63.6 Å². The van der Waals surface area contributed by atoms with Crippen molar-refractivity contribution in [2.45, 2.75) is 0 Å². The highest BCUT2D eigenvalue weighted by molar-refractivity contribution is 6.36. The Balaban J connectivity index is 2.04. The van der Waals surface area contributed by atoms with Gasteiger partial charge in [0.1, 0.15) is 5.75 Å². The zero-order valence-electron chi connectivity index (χ0n) is 10.2. The molecule has 102 valence electrons. The largest absolute Gasteiger partial charge is 0.508 e. The zero-order valence-corrected chi connectivity index (χ0v) is 11.7. The van der Waals surface area contributed by atoms with Crippen LogP contribution in [0.25, 0.3) is 0 Å². The third-order valence-corrected chi connectivity index (χ3v) is 3.00. The predicted molar refractivity (Wildman–Crippen MR) is 79.6 cm³/mol. The van der Waals surface area contributed by atoms with E-state index in [-0.39, 0.29) is 5.75 Å². The van der Waals surface area contributed by atoms with Crippen LogP contribution in [0.5, 0.6) is 5.75 Å². The number of phenols is 1. The summed E-state index contributed by atoms with van der Waals surface area (Å²) in [6.07, 6.45) is 1.42.